The first kappa shape index (κ1) is 8.16. The highest BCUT2D eigenvalue weighted by atomic mass is 79.9. The van der Waals surface area contributed by atoms with Gasteiger partial charge in [0.1, 0.15) is 0 Å². The minimum Gasteiger partial charge on any atom is -0.307 e. The first-order valence-corrected chi connectivity index (χ1v) is 3.69. The zero-order valence-electron chi connectivity index (χ0n) is 5.71. The summed E-state index contributed by atoms with van der Waals surface area (Å²) in [6, 6.07) is 0. The van der Waals surface area contributed by atoms with E-state index in [1.165, 1.54) is 0 Å². The number of nitrogens with one attached hydrogen (secondary N) is 1. The van der Waals surface area contributed by atoms with Gasteiger partial charge in [-0.05, 0) is 22.0 Å². The molecule has 5 heteroatoms. The molecule has 11 heavy (non-hydrogen) atoms. The van der Waals surface area contributed by atoms with Crippen LogP contribution in [0.3, 0.4) is 0 Å². The molecule has 1 rings (SSSR count). The van der Waals surface area contributed by atoms with E-state index in [-0.39, 0.29) is 0 Å². The third-order valence-electron chi connectivity index (χ3n) is 1.08. The fourth-order valence-corrected chi connectivity index (χ4v) is 0.886. The van der Waals surface area contributed by atoms with E-state index in [1.807, 2.05) is 0 Å². The summed E-state index contributed by atoms with van der Waals surface area (Å²) in [6.45, 7) is 3.53. The van der Waals surface area contributed by atoms with Crippen molar-refractivity contribution in [3.05, 3.63) is 23.1 Å². The number of nitrogens with zero attached hydrogens (tertiary/aromatic N) is 2. The average molecular weight is 215 g/mol. The maximum Gasteiger partial charge on any atom is 0.158 e. The van der Waals surface area contributed by atoms with Crippen LogP contribution < -0.4 is 11.3 Å². The number of hydrazine groups is 1. The summed E-state index contributed by atoms with van der Waals surface area (Å²) in [5.41, 5.74) is 2.42. The number of rotatable bonds is 2. The lowest BCUT2D eigenvalue weighted by Gasteiger charge is -2.01. The Morgan fingerprint density at radius 1 is 1.73 bits per heavy atom. The van der Waals surface area contributed by atoms with Gasteiger partial charge in [0, 0.05) is 6.20 Å². The predicted molar refractivity (Wildman–Crippen MR) is 47.6 cm³/mol. The molecule has 0 fully saturated rings. The van der Waals surface area contributed by atoms with E-state index in [0.717, 1.165) is 4.47 Å². The van der Waals surface area contributed by atoms with Crippen LogP contribution in [0.25, 0.3) is 6.08 Å². The molecule has 0 saturated carbocycles. The van der Waals surface area contributed by atoms with E-state index in [0.29, 0.717) is 11.6 Å². The zero-order valence-corrected chi connectivity index (χ0v) is 7.30. The Labute approximate surface area is 72.6 Å². The van der Waals surface area contributed by atoms with Gasteiger partial charge in [-0.3, -0.25) is 0 Å². The van der Waals surface area contributed by atoms with Gasteiger partial charge in [0.2, 0.25) is 0 Å². The van der Waals surface area contributed by atoms with Crippen LogP contribution in [-0.2, 0) is 0 Å². The highest BCUT2D eigenvalue weighted by molar-refractivity contribution is 9.10. The van der Waals surface area contributed by atoms with Gasteiger partial charge in [0.05, 0.1) is 4.47 Å². The van der Waals surface area contributed by atoms with Crippen LogP contribution in [0.2, 0.25) is 0 Å². The Morgan fingerprint density at radius 2 is 2.45 bits per heavy atom. The standard InChI is InChI=1S/C6H7BrN4/c1-2-5-9-3-4(7)6(10-5)11-8/h2-3H,1,8H2,(H,9,10,11). The number of anilines is 1. The highest BCUT2D eigenvalue weighted by Gasteiger charge is 1.99. The molecule has 0 aliphatic heterocycles. The molecule has 0 atom stereocenters. The van der Waals surface area contributed by atoms with E-state index in [4.69, 9.17) is 5.84 Å². The SMILES string of the molecule is C=Cc1ncc(Br)c(NN)n1. The van der Waals surface area contributed by atoms with Crippen LogP contribution in [0.5, 0.6) is 0 Å². The number of hydrogen-bond acceptors (Lipinski definition) is 4. The van der Waals surface area contributed by atoms with Crippen molar-refractivity contribution in [2.24, 2.45) is 5.84 Å². The number of hydrogen-bond donors (Lipinski definition) is 2. The minimum absolute atomic E-state index is 0.543. The molecule has 58 valence electrons. The van der Waals surface area contributed by atoms with Gasteiger partial charge in [0.15, 0.2) is 11.6 Å². The average Bonchev–Trinajstić information content (AvgIpc) is 2.05. The Balaban J connectivity index is 3.12. The van der Waals surface area contributed by atoms with E-state index in [2.05, 4.69) is 37.9 Å². The summed E-state index contributed by atoms with van der Waals surface area (Å²) in [7, 11) is 0. The van der Waals surface area contributed by atoms with Crippen molar-refractivity contribution in [1.82, 2.24) is 9.97 Å². The maximum atomic E-state index is 5.17. The number of halogens is 1. The summed E-state index contributed by atoms with van der Waals surface area (Å²) >= 11 is 3.22. The first-order valence-electron chi connectivity index (χ1n) is 2.89. The van der Waals surface area contributed by atoms with Crippen LogP contribution >= 0.6 is 15.9 Å². The Kier molecular flexibility index (Phi) is 2.56. The molecular weight excluding hydrogens is 208 g/mol. The Hall–Kier alpha value is -0.940. The molecule has 1 heterocycles. The molecule has 1 aromatic rings. The molecular formula is C6H7BrN4. The fourth-order valence-electron chi connectivity index (χ4n) is 0.580. The molecule has 0 aliphatic rings. The molecule has 0 radical (unpaired) electrons. The lowest BCUT2D eigenvalue weighted by atomic mass is 10.5. The summed E-state index contributed by atoms with van der Waals surface area (Å²) in [5, 5.41) is 0. The summed E-state index contributed by atoms with van der Waals surface area (Å²) in [6.07, 6.45) is 3.16. The van der Waals surface area contributed by atoms with Crippen molar-refractivity contribution in [3.8, 4) is 0 Å². The molecule has 0 bridgehead atoms. The smallest absolute Gasteiger partial charge is 0.158 e. The van der Waals surface area contributed by atoms with Gasteiger partial charge >= 0.3 is 0 Å². The molecule has 0 amide bonds. The molecule has 0 aliphatic carbocycles. The molecule has 1 aromatic heterocycles. The van der Waals surface area contributed by atoms with Gasteiger partial charge < -0.3 is 5.43 Å². The normalized spacial score (nSPS) is 9.27. The van der Waals surface area contributed by atoms with E-state index in [9.17, 15) is 0 Å². The molecule has 0 aromatic carbocycles. The molecule has 4 nitrogen and oxygen atoms in total. The molecule has 3 N–H and O–H groups in total. The lowest BCUT2D eigenvalue weighted by Crippen LogP contribution is -2.10. The van der Waals surface area contributed by atoms with E-state index >= 15 is 0 Å². The number of nitrogens with two attached hydrogens (primary N) is 1. The third kappa shape index (κ3) is 1.75. The molecule has 0 unspecified atom stereocenters. The van der Waals surface area contributed by atoms with Crippen molar-refractivity contribution in [3.63, 3.8) is 0 Å². The minimum atomic E-state index is 0.543. The summed E-state index contributed by atoms with van der Waals surface area (Å²) in [5.74, 6) is 6.26. The maximum absolute atomic E-state index is 5.17. The van der Waals surface area contributed by atoms with Crippen LogP contribution in [0.4, 0.5) is 5.82 Å². The second-order valence-electron chi connectivity index (χ2n) is 1.77. The second kappa shape index (κ2) is 3.45. The van der Waals surface area contributed by atoms with Gasteiger partial charge in [0.25, 0.3) is 0 Å². The molecule has 0 spiro atoms. The van der Waals surface area contributed by atoms with Gasteiger partial charge in [-0.25, -0.2) is 15.8 Å². The quantitative estimate of drug-likeness (QED) is 0.574. The van der Waals surface area contributed by atoms with Gasteiger partial charge in [-0.15, -0.1) is 0 Å². The summed E-state index contributed by atoms with van der Waals surface area (Å²) in [4.78, 5) is 7.93. The third-order valence-corrected chi connectivity index (χ3v) is 1.66. The van der Waals surface area contributed by atoms with Crippen molar-refractivity contribution in [2.75, 3.05) is 5.43 Å². The largest absolute Gasteiger partial charge is 0.307 e. The van der Waals surface area contributed by atoms with Crippen molar-refractivity contribution >= 4 is 27.8 Å². The van der Waals surface area contributed by atoms with Crippen LogP contribution in [0.15, 0.2) is 17.2 Å². The van der Waals surface area contributed by atoms with Crippen molar-refractivity contribution in [2.45, 2.75) is 0 Å². The van der Waals surface area contributed by atoms with E-state index in [1.54, 1.807) is 12.3 Å². The van der Waals surface area contributed by atoms with Crippen LogP contribution in [-0.4, -0.2) is 9.97 Å². The van der Waals surface area contributed by atoms with E-state index < -0.39 is 0 Å². The first-order chi connectivity index (χ1) is 5.27. The zero-order chi connectivity index (χ0) is 8.27. The van der Waals surface area contributed by atoms with Crippen molar-refractivity contribution in [1.29, 1.82) is 0 Å². The number of nitrogen functional groups attached to an aromatic ring is 1. The lowest BCUT2D eigenvalue weighted by molar-refractivity contribution is 1.10. The monoisotopic (exact) mass is 214 g/mol. The number of aromatic nitrogens is 2. The topological polar surface area (TPSA) is 63.8 Å². The fraction of sp³-hybridized carbons (Fsp3) is 0. The highest BCUT2D eigenvalue weighted by Crippen LogP contribution is 2.17. The van der Waals surface area contributed by atoms with Gasteiger partial charge in [-0.2, -0.15) is 0 Å². The molecule has 0 saturated heterocycles. The second-order valence-corrected chi connectivity index (χ2v) is 2.63. The predicted octanol–water partition coefficient (Wildman–Crippen LogP) is 1.17. The van der Waals surface area contributed by atoms with Crippen LogP contribution in [0, 0.1) is 0 Å². The summed E-state index contributed by atoms with van der Waals surface area (Å²) < 4.78 is 0.727. The Morgan fingerprint density at radius 3 is 3.00 bits per heavy atom. The van der Waals surface area contributed by atoms with Crippen LogP contribution in [0.1, 0.15) is 5.82 Å². The Bertz CT molecular complexity index is 273. The van der Waals surface area contributed by atoms with Crippen molar-refractivity contribution < 1.29 is 0 Å². The van der Waals surface area contributed by atoms with Gasteiger partial charge in [-0.1, -0.05) is 6.58 Å².